The molecule has 3 rings (SSSR count). The summed E-state index contributed by atoms with van der Waals surface area (Å²) in [5.41, 5.74) is 0.726. The Labute approximate surface area is 130 Å². The molecule has 0 aliphatic heterocycles. The second-order valence-corrected chi connectivity index (χ2v) is 5.66. The lowest BCUT2D eigenvalue weighted by atomic mass is 10.1. The van der Waals surface area contributed by atoms with E-state index in [0.29, 0.717) is 17.3 Å². The average molecular weight is 314 g/mol. The van der Waals surface area contributed by atoms with Crippen LogP contribution in [0.3, 0.4) is 0 Å². The summed E-state index contributed by atoms with van der Waals surface area (Å²) in [6, 6.07) is 6.90. The van der Waals surface area contributed by atoms with Crippen LogP contribution in [0.15, 0.2) is 34.4 Å². The molecule has 0 unspecified atom stereocenters. The fourth-order valence-electron chi connectivity index (χ4n) is 2.13. The molecule has 0 atom stereocenters. The summed E-state index contributed by atoms with van der Waals surface area (Å²) in [4.78, 5) is 28.4. The first-order chi connectivity index (χ1) is 10.7. The van der Waals surface area contributed by atoms with Crippen molar-refractivity contribution >= 4 is 28.0 Å². The summed E-state index contributed by atoms with van der Waals surface area (Å²) in [7, 11) is 0. The lowest BCUT2D eigenvalue weighted by molar-refractivity contribution is 0.0946. The molecular formula is C15H14N4O2S. The van der Waals surface area contributed by atoms with Gasteiger partial charge in [-0.05, 0) is 12.5 Å². The van der Waals surface area contributed by atoms with Gasteiger partial charge in [-0.3, -0.25) is 9.59 Å². The highest BCUT2D eigenvalue weighted by atomic mass is 32.1. The Morgan fingerprint density at radius 2 is 2.09 bits per heavy atom. The molecule has 0 aliphatic carbocycles. The Bertz CT molecular complexity index is 884. The standard InChI is InChI=1S/C15H14N4O2S/c1-2-12-17-9(8-22-12)7-16-15(21)13-10-5-3-4-6-11(10)14(20)19-18-13/h3-6,8H,2,7H2,1H3,(H,16,21)(H,19,20). The van der Waals surface area contributed by atoms with Gasteiger partial charge in [0.05, 0.1) is 22.6 Å². The largest absolute Gasteiger partial charge is 0.345 e. The molecule has 0 radical (unpaired) electrons. The fraction of sp³-hybridized carbons (Fsp3) is 0.200. The minimum atomic E-state index is -0.335. The van der Waals surface area contributed by atoms with E-state index in [1.54, 1.807) is 35.6 Å². The van der Waals surface area contributed by atoms with Crippen molar-refractivity contribution in [2.45, 2.75) is 19.9 Å². The van der Waals surface area contributed by atoms with Crippen LogP contribution >= 0.6 is 11.3 Å². The summed E-state index contributed by atoms with van der Waals surface area (Å²) in [6.45, 7) is 2.38. The number of rotatable bonds is 4. The maximum atomic E-state index is 12.3. The molecule has 2 N–H and O–H groups in total. The van der Waals surface area contributed by atoms with Crippen molar-refractivity contribution in [2.75, 3.05) is 0 Å². The van der Waals surface area contributed by atoms with Gasteiger partial charge in [0.15, 0.2) is 5.69 Å². The summed E-state index contributed by atoms with van der Waals surface area (Å²) >= 11 is 1.58. The third-order valence-corrected chi connectivity index (χ3v) is 4.28. The number of aromatic nitrogens is 3. The van der Waals surface area contributed by atoms with Crippen LogP contribution in [0.2, 0.25) is 0 Å². The molecule has 112 valence electrons. The van der Waals surface area contributed by atoms with Crippen molar-refractivity contribution in [3.8, 4) is 0 Å². The van der Waals surface area contributed by atoms with Gasteiger partial charge in [0.25, 0.3) is 11.5 Å². The van der Waals surface area contributed by atoms with E-state index in [1.807, 2.05) is 12.3 Å². The normalized spacial score (nSPS) is 10.8. The minimum Gasteiger partial charge on any atom is -0.345 e. The van der Waals surface area contributed by atoms with Gasteiger partial charge < -0.3 is 5.32 Å². The molecule has 0 saturated heterocycles. The molecular weight excluding hydrogens is 300 g/mol. The number of carbonyl (C=O) groups is 1. The van der Waals surface area contributed by atoms with Gasteiger partial charge in [0.2, 0.25) is 0 Å². The first kappa shape index (κ1) is 14.4. The zero-order chi connectivity index (χ0) is 15.5. The number of benzene rings is 1. The highest BCUT2D eigenvalue weighted by molar-refractivity contribution is 7.09. The van der Waals surface area contributed by atoms with Crippen LogP contribution in [0, 0.1) is 0 Å². The first-order valence-corrected chi connectivity index (χ1v) is 7.76. The molecule has 1 aromatic carbocycles. The lowest BCUT2D eigenvalue weighted by Gasteiger charge is -2.05. The SMILES string of the molecule is CCc1nc(CNC(=O)c2n[nH]c(=O)c3ccccc23)cs1. The number of hydrogen-bond acceptors (Lipinski definition) is 5. The van der Waals surface area contributed by atoms with Crippen LogP contribution in [-0.2, 0) is 13.0 Å². The molecule has 6 nitrogen and oxygen atoms in total. The highest BCUT2D eigenvalue weighted by Crippen LogP contribution is 2.13. The zero-order valence-electron chi connectivity index (χ0n) is 11.9. The van der Waals surface area contributed by atoms with Crippen molar-refractivity contribution in [1.82, 2.24) is 20.5 Å². The minimum absolute atomic E-state index is 0.209. The monoisotopic (exact) mass is 314 g/mol. The second-order valence-electron chi connectivity index (χ2n) is 4.72. The van der Waals surface area contributed by atoms with E-state index in [9.17, 15) is 9.59 Å². The third-order valence-electron chi connectivity index (χ3n) is 3.24. The first-order valence-electron chi connectivity index (χ1n) is 6.88. The molecule has 0 fully saturated rings. The van der Waals surface area contributed by atoms with E-state index in [2.05, 4.69) is 20.5 Å². The van der Waals surface area contributed by atoms with E-state index in [0.717, 1.165) is 17.1 Å². The van der Waals surface area contributed by atoms with Crippen molar-refractivity contribution in [3.63, 3.8) is 0 Å². The molecule has 3 aromatic rings. The van der Waals surface area contributed by atoms with Crippen molar-refractivity contribution < 1.29 is 4.79 Å². The molecule has 0 spiro atoms. The van der Waals surface area contributed by atoms with Crippen molar-refractivity contribution in [2.24, 2.45) is 0 Å². The Kier molecular flexibility index (Phi) is 3.97. The zero-order valence-corrected chi connectivity index (χ0v) is 12.7. The molecule has 0 bridgehead atoms. The highest BCUT2D eigenvalue weighted by Gasteiger charge is 2.14. The molecule has 0 aliphatic rings. The van der Waals surface area contributed by atoms with Crippen LogP contribution < -0.4 is 10.9 Å². The van der Waals surface area contributed by atoms with Crippen molar-refractivity contribution in [3.05, 3.63) is 56.4 Å². The van der Waals surface area contributed by atoms with Gasteiger partial charge in [-0.25, -0.2) is 10.1 Å². The number of amides is 1. The van der Waals surface area contributed by atoms with Crippen molar-refractivity contribution in [1.29, 1.82) is 0 Å². The Hall–Kier alpha value is -2.54. The van der Waals surface area contributed by atoms with E-state index >= 15 is 0 Å². The fourth-order valence-corrected chi connectivity index (χ4v) is 2.88. The van der Waals surface area contributed by atoms with Gasteiger partial charge in [-0.15, -0.1) is 11.3 Å². The maximum Gasteiger partial charge on any atom is 0.272 e. The van der Waals surface area contributed by atoms with Gasteiger partial charge in [-0.2, -0.15) is 5.10 Å². The summed E-state index contributed by atoms with van der Waals surface area (Å²) in [5, 5.41) is 13.0. The topological polar surface area (TPSA) is 87.7 Å². The van der Waals surface area contributed by atoms with E-state index < -0.39 is 0 Å². The number of hydrogen-bond donors (Lipinski definition) is 2. The summed E-state index contributed by atoms with van der Waals surface area (Å²) in [6.07, 6.45) is 0.880. The van der Waals surface area contributed by atoms with Crippen LogP contribution in [0.5, 0.6) is 0 Å². The maximum absolute atomic E-state index is 12.3. The Morgan fingerprint density at radius 1 is 1.32 bits per heavy atom. The quantitative estimate of drug-likeness (QED) is 0.769. The van der Waals surface area contributed by atoms with Gasteiger partial charge in [0.1, 0.15) is 0 Å². The number of H-pyrrole nitrogens is 1. The van der Waals surface area contributed by atoms with Crippen LogP contribution in [0.1, 0.15) is 28.1 Å². The number of aryl methyl sites for hydroxylation is 1. The Balaban J connectivity index is 1.83. The van der Waals surface area contributed by atoms with Gasteiger partial charge >= 0.3 is 0 Å². The molecule has 1 amide bonds. The molecule has 2 aromatic heterocycles. The van der Waals surface area contributed by atoms with E-state index in [-0.39, 0.29) is 17.2 Å². The number of fused-ring (bicyclic) bond motifs is 1. The van der Waals surface area contributed by atoms with Gasteiger partial charge in [0, 0.05) is 10.8 Å². The molecule has 0 saturated carbocycles. The number of nitrogens with zero attached hydrogens (tertiary/aromatic N) is 2. The Morgan fingerprint density at radius 3 is 2.82 bits per heavy atom. The van der Waals surface area contributed by atoms with Crippen LogP contribution in [0.25, 0.3) is 10.8 Å². The van der Waals surface area contributed by atoms with Crippen LogP contribution in [-0.4, -0.2) is 21.1 Å². The number of thiazole rings is 1. The van der Waals surface area contributed by atoms with E-state index in [4.69, 9.17) is 0 Å². The molecule has 2 heterocycles. The second kappa shape index (κ2) is 6.07. The predicted octanol–water partition coefficient (Wildman–Crippen LogP) is 1.87. The smallest absolute Gasteiger partial charge is 0.272 e. The lowest BCUT2D eigenvalue weighted by Crippen LogP contribution is -2.26. The average Bonchev–Trinajstić information content (AvgIpc) is 3.01. The molecule has 7 heteroatoms. The molecule has 22 heavy (non-hydrogen) atoms. The predicted molar refractivity (Wildman–Crippen MR) is 85.0 cm³/mol. The summed E-state index contributed by atoms with van der Waals surface area (Å²) in [5.74, 6) is -0.335. The van der Waals surface area contributed by atoms with Gasteiger partial charge in [-0.1, -0.05) is 25.1 Å². The third kappa shape index (κ3) is 2.75. The summed E-state index contributed by atoms with van der Waals surface area (Å²) < 4.78 is 0. The van der Waals surface area contributed by atoms with Crippen LogP contribution in [0.4, 0.5) is 0 Å². The number of nitrogens with one attached hydrogen (secondary N) is 2. The van der Waals surface area contributed by atoms with E-state index in [1.165, 1.54) is 0 Å². The number of aromatic amines is 1. The number of carbonyl (C=O) groups excluding carboxylic acids is 1.